The number of ether oxygens (including phenoxy) is 2. The number of nitrogens with one attached hydrogen (secondary N) is 1. The summed E-state index contributed by atoms with van der Waals surface area (Å²) in [5, 5.41) is 3.33. The zero-order chi connectivity index (χ0) is 19.1. The Hall–Kier alpha value is -2.90. The fourth-order valence-electron chi connectivity index (χ4n) is 2.11. The van der Waals surface area contributed by atoms with E-state index in [1.165, 1.54) is 5.56 Å². The zero-order valence-corrected chi connectivity index (χ0v) is 16.2. The van der Waals surface area contributed by atoms with Crippen molar-refractivity contribution in [2.24, 2.45) is 4.99 Å². The second kappa shape index (κ2) is 8.98. The van der Waals surface area contributed by atoms with Crippen LogP contribution in [0.3, 0.4) is 0 Å². The van der Waals surface area contributed by atoms with Crippen LogP contribution < -0.4 is 14.8 Å². The summed E-state index contributed by atoms with van der Waals surface area (Å²) in [6.07, 6.45) is 0. The van der Waals surface area contributed by atoms with Crippen molar-refractivity contribution in [1.82, 2.24) is 19.9 Å². The average Bonchev–Trinajstić information content (AvgIpc) is 2.58. The lowest BCUT2D eigenvalue weighted by atomic mass is 10.1. The summed E-state index contributed by atoms with van der Waals surface area (Å²) in [5.41, 5.74) is 3.33. The topological polar surface area (TPSA) is 84.8 Å². The molecule has 0 aliphatic heterocycles. The van der Waals surface area contributed by atoms with E-state index in [9.17, 15) is 0 Å². The maximum absolute atomic E-state index is 5.38. The van der Waals surface area contributed by atoms with Crippen molar-refractivity contribution >= 4 is 17.6 Å². The fraction of sp³-hybridized carbons (Fsp3) is 0.444. The Morgan fingerprint density at radius 3 is 2.19 bits per heavy atom. The Kier molecular flexibility index (Phi) is 6.71. The molecule has 0 amide bonds. The van der Waals surface area contributed by atoms with E-state index < -0.39 is 0 Å². The normalized spacial score (nSPS) is 11.2. The van der Waals surface area contributed by atoms with Crippen molar-refractivity contribution in [3.8, 4) is 12.0 Å². The van der Waals surface area contributed by atoms with Crippen LogP contribution in [0.15, 0.2) is 23.2 Å². The largest absolute Gasteiger partial charge is 0.464 e. The summed E-state index contributed by atoms with van der Waals surface area (Å²) >= 11 is 0. The van der Waals surface area contributed by atoms with Gasteiger partial charge in [0.25, 0.3) is 5.95 Å². The summed E-state index contributed by atoms with van der Waals surface area (Å²) in [4.78, 5) is 18.9. The molecule has 1 N–H and O–H groups in total. The second-order valence-electron chi connectivity index (χ2n) is 5.77. The molecule has 0 bridgehead atoms. The van der Waals surface area contributed by atoms with E-state index >= 15 is 0 Å². The second-order valence-corrected chi connectivity index (χ2v) is 5.77. The monoisotopic (exact) mass is 358 g/mol. The first-order chi connectivity index (χ1) is 12.4. The molecule has 1 heterocycles. The van der Waals surface area contributed by atoms with Gasteiger partial charge in [-0.05, 0) is 44.9 Å². The van der Waals surface area contributed by atoms with Crippen LogP contribution in [0.2, 0.25) is 0 Å². The number of aromatic nitrogens is 3. The van der Waals surface area contributed by atoms with Gasteiger partial charge in [0, 0.05) is 19.8 Å². The van der Waals surface area contributed by atoms with Gasteiger partial charge in [0.2, 0.25) is 5.96 Å². The molecule has 2 rings (SSSR count). The van der Waals surface area contributed by atoms with E-state index in [0.717, 1.165) is 11.3 Å². The average molecular weight is 358 g/mol. The number of aryl methyl sites for hydroxylation is 1. The summed E-state index contributed by atoms with van der Waals surface area (Å²) in [7, 11) is 3.79. The number of guanidine groups is 1. The lowest BCUT2D eigenvalue weighted by Gasteiger charge is -2.19. The third kappa shape index (κ3) is 5.05. The molecule has 0 saturated carbocycles. The van der Waals surface area contributed by atoms with Crippen LogP contribution in [0.4, 0.5) is 11.6 Å². The van der Waals surface area contributed by atoms with E-state index in [4.69, 9.17) is 9.47 Å². The summed E-state index contributed by atoms with van der Waals surface area (Å²) in [5.74, 6) is 0.809. The van der Waals surface area contributed by atoms with Crippen molar-refractivity contribution in [3.63, 3.8) is 0 Å². The Morgan fingerprint density at radius 1 is 1.04 bits per heavy atom. The molecule has 0 aliphatic carbocycles. The minimum absolute atomic E-state index is 0.189. The lowest BCUT2D eigenvalue weighted by Crippen LogP contribution is -2.29. The summed E-state index contributed by atoms with van der Waals surface area (Å²) in [6.45, 7) is 8.75. The minimum atomic E-state index is 0.189. The fourth-order valence-corrected chi connectivity index (χ4v) is 2.11. The highest BCUT2D eigenvalue weighted by atomic mass is 16.5. The first kappa shape index (κ1) is 19.4. The van der Waals surface area contributed by atoms with Crippen LogP contribution in [0.5, 0.6) is 12.0 Å². The Morgan fingerprint density at radius 2 is 1.65 bits per heavy atom. The number of aliphatic imine (C=N–C) groups is 1. The van der Waals surface area contributed by atoms with Crippen LogP contribution in [0.1, 0.15) is 25.0 Å². The van der Waals surface area contributed by atoms with Crippen LogP contribution in [0, 0.1) is 13.8 Å². The van der Waals surface area contributed by atoms with Crippen molar-refractivity contribution in [2.45, 2.75) is 27.7 Å². The minimum Gasteiger partial charge on any atom is -0.464 e. The van der Waals surface area contributed by atoms with Gasteiger partial charge in [-0.3, -0.25) is 0 Å². The maximum atomic E-state index is 5.38. The molecule has 0 spiro atoms. The predicted octanol–water partition coefficient (Wildman–Crippen LogP) is 2.95. The number of rotatable bonds is 6. The van der Waals surface area contributed by atoms with Gasteiger partial charge in [0.1, 0.15) is 0 Å². The van der Waals surface area contributed by atoms with Gasteiger partial charge in [-0.15, -0.1) is 4.98 Å². The Bertz CT molecular complexity index is 752. The quantitative estimate of drug-likeness (QED) is 0.628. The van der Waals surface area contributed by atoms with E-state index in [-0.39, 0.29) is 18.0 Å². The maximum Gasteiger partial charge on any atom is 0.324 e. The molecule has 140 valence electrons. The number of hydrogen-bond acceptors (Lipinski definition) is 6. The van der Waals surface area contributed by atoms with Crippen LogP contribution in [-0.4, -0.2) is 53.1 Å². The molecule has 0 saturated heterocycles. The molecule has 0 fully saturated rings. The van der Waals surface area contributed by atoms with E-state index in [1.807, 2.05) is 45.0 Å². The molecular formula is C18H26N6O2. The van der Waals surface area contributed by atoms with Gasteiger partial charge >= 0.3 is 12.0 Å². The smallest absolute Gasteiger partial charge is 0.324 e. The van der Waals surface area contributed by atoms with Crippen molar-refractivity contribution in [2.75, 3.05) is 32.6 Å². The molecular weight excluding hydrogens is 332 g/mol. The molecule has 0 unspecified atom stereocenters. The third-order valence-corrected chi connectivity index (χ3v) is 3.61. The summed E-state index contributed by atoms with van der Waals surface area (Å²) < 4.78 is 10.8. The number of anilines is 1. The molecule has 8 heteroatoms. The van der Waals surface area contributed by atoms with Gasteiger partial charge in [-0.2, -0.15) is 15.0 Å². The highest BCUT2D eigenvalue weighted by Crippen LogP contribution is 2.20. The molecule has 0 radical (unpaired) electrons. The summed E-state index contributed by atoms with van der Waals surface area (Å²) in [6, 6.07) is 6.46. The number of benzene rings is 1. The van der Waals surface area contributed by atoms with Crippen molar-refractivity contribution < 1.29 is 9.47 Å². The first-order valence-corrected chi connectivity index (χ1v) is 8.55. The Balaban J connectivity index is 2.39. The lowest BCUT2D eigenvalue weighted by molar-refractivity contribution is 0.280. The highest BCUT2D eigenvalue weighted by Gasteiger charge is 2.11. The first-order valence-electron chi connectivity index (χ1n) is 8.55. The van der Waals surface area contributed by atoms with Gasteiger partial charge in [-0.1, -0.05) is 12.1 Å². The van der Waals surface area contributed by atoms with Gasteiger partial charge in [-0.25, -0.2) is 0 Å². The molecule has 0 aliphatic rings. The van der Waals surface area contributed by atoms with E-state index in [0.29, 0.717) is 19.2 Å². The van der Waals surface area contributed by atoms with Gasteiger partial charge < -0.3 is 19.7 Å². The van der Waals surface area contributed by atoms with E-state index in [2.05, 4.69) is 45.2 Å². The number of nitrogens with zero attached hydrogens (tertiary/aromatic N) is 5. The molecule has 26 heavy (non-hydrogen) atoms. The van der Waals surface area contributed by atoms with Crippen LogP contribution in [-0.2, 0) is 0 Å². The molecule has 1 aromatic heterocycles. The van der Waals surface area contributed by atoms with Crippen LogP contribution >= 0.6 is 0 Å². The van der Waals surface area contributed by atoms with E-state index in [1.54, 1.807) is 0 Å². The number of hydrogen-bond donors (Lipinski definition) is 1. The van der Waals surface area contributed by atoms with Gasteiger partial charge in [0.15, 0.2) is 0 Å². The Labute approximate surface area is 154 Å². The van der Waals surface area contributed by atoms with Crippen LogP contribution in [0.25, 0.3) is 0 Å². The van der Waals surface area contributed by atoms with Gasteiger partial charge in [0.05, 0.1) is 13.2 Å². The molecule has 0 atom stereocenters. The van der Waals surface area contributed by atoms with Crippen molar-refractivity contribution in [1.29, 1.82) is 0 Å². The molecule has 2 aromatic rings. The highest BCUT2D eigenvalue weighted by molar-refractivity contribution is 5.95. The molecule has 8 nitrogen and oxygen atoms in total. The predicted molar refractivity (Wildman–Crippen MR) is 102 cm³/mol. The van der Waals surface area contributed by atoms with Crippen molar-refractivity contribution in [3.05, 3.63) is 29.3 Å². The standard InChI is InChI=1S/C18H26N6O2/c1-7-25-17-21-15(22-18(23-17)26-8-2)20-16(24(5)6)19-14-11-9-10-12(3)13(14)4/h9-11H,7-8H2,1-6H3,(H,19,20,21,22,23). The zero-order valence-electron chi connectivity index (χ0n) is 16.2. The third-order valence-electron chi connectivity index (χ3n) is 3.61. The SMILES string of the molecule is CCOc1nc(/N=C(/Nc2cccc(C)c2C)N(C)C)nc(OCC)n1. The molecule has 1 aromatic carbocycles.